The van der Waals surface area contributed by atoms with Gasteiger partial charge in [0.2, 0.25) is 11.8 Å². The molecule has 0 saturated carbocycles. The number of thiol groups is 1. The van der Waals surface area contributed by atoms with E-state index in [-0.39, 0.29) is 5.91 Å². The van der Waals surface area contributed by atoms with Crippen molar-refractivity contribution in [3.8, 4) is 0 Å². The fourth-order valence-corrected chi connectivity index (χ4v) is 3.52. The largest absolute Gasteiger partial charge is 0.480 e. The Kier molecular flexibility index (Phi) is 6.30. The van der Waals surface area contributed by atoms with Crippen molar-refractivity contribution in [2.75, 3.05) is 11.4 Å². The maximum absolute atomic E-state index is 13.0. The van der Waals surface area contributed by atoms with Crippen LogP contribution in [0.15, 0.2) is 48.8 Å². The standard InChI is InChI=1S/C20H21N3O4S/c24-18(25)12-23-16-11-21-9-8-14(16)6-7-15(20(23)27)22-19(26)17(28)10-13-4-2-1-3-5-13/h1-5,8-9,11,15,17,28H,6-7,10,12H2,(H,22,26)(H,24,25)/t15?,17-/m0/s1. The summed E-state index contributed by atoms with van der Waals surface area (Å²) in [6.45, 7) is -0.488. The van der Waals surface area contributed by atoms with Gasteiger partial charge in [-0.3, -0.25) is 24.3 Å². The summed E-state index contributed by atoms with van der Waals surface area (Å²) in [6.07, 6.45) is 4.42. The number of pyridine rings is 1. The molecule has 1 unspecified atom stereocenters. The number of rotatable bonds is 6. The molecular weight excluding hydrogens is 378 g/mol. The quantitative estimate of drug-likeness (QED) is 0.639. The molecule has 146 valence electrons. The predicted molar refractivity (Wildman–Crippen MR) is 107 cm³/mol. The van der Waals surface area contributed by atoms with Crippen molar-refractivity contribution < 1.29 is 19.5 Å². The Morgan fingerprint density at radius 2 is 2.04 bits per heavy atom. The second kappa shape index (κ2) is 8.88. The number of aliphatic carboxylic acids is 1. The van der Waals surface area contributed by atoms with Crippen LogP contribution in [0.4, 0.5) is 5.69 Å². The molecule has 8 heteroatoms. The predicted octanol–water partition coefficient (Wildman–Crippen LogP) is 1.47. The van der Waals surface area contributed by atoms with E-state index in [0.29, 0.717) is 24.9 Å². The minimum atomic E-state index is -1.13. The van der Waals surface area contributed by atoms with Crippen molar-refractivity contribution in [3.05, 3.63) is 59.9 Å². The lowest BCUT2D eigenvalue weighted by atomic mass is 10.1. The Bertz CT molecular complexity index is 875. The topological polar surface area (TPSA) is 99.6 Å². The molecule has 0 fully saturated rings. The van der Waals surface area contributed by atoms with Gasteiger partial charge in [0.15, 0.2) is 0 Å². The van der Waals surface area contributed by atoms with Gasteiger partial charge in [0.1, 0.15) is 12.6 Å². The maximum atomic E-state index is 13.0. The molecule has 1 aliphatic rings. The van der Waals surface area contributed by atoms with Crippen LogP contribution in [0.25, 0.3) is 0 Å². The van der Waals surface area contributed by atoms with E-state index in [9.17, 15) is 19.5 Å². The second-order valence-electron chi connectivity index (χ2n) is 6.63. The van der Waals surface area contributed by atoms with E-state index in [1.54, 1.807) is 12.3 Å². The zero-order valence-corrected chi connectivity index (χ0v) is 16.0. The summed E-state index contributed by atoms with van der Waals surface area (Å²) in [5.74, 6) is -1.95. The minimum Gasteiger partial charge on any atom is -0.480 e. The zero-order chi connectivity index (χ0) is 20.1. The summed E-state index contributed by atoms with van der Waals surface area (Å²) >= 11 is 4.38. The molecule has 2 amide bonds. The lowest BCUT2D eigenvalue weighted by molar-refractivity contribution is -0.137. The van der Waals surface area contributed by atoms with Gasteiger partial charge in [-0.2, -0.15) is 12.6 Å². The number of carbonyl (C=O) groups is 3. The van der Waals surface area contributed by atoms with Gasteiger partial charge in [-0.15, -0.1) is 0 Å². The number of fused-ring (bicyclic) bond motifs is 1. The summed E-state index contributed by atoms with van der Waals surface area (Å²) in [7, 11) is 0. The lowest BCUT2D eigenvalue weighted by Gasteiger charge is -2.25. The highest BCUT2D eigenvalue weighted by atomic mass is 32.1. The number of aromatic nitrogens is 1. The molecule has 0 saturated heterocycles. The molecule has 1 aromatic carbocycles. The molecule has 7 nitrogen and oxygen atoms in total. The van der Waals surface area contributed by atoms with Gasteiger partial charge in [-0.1, -0.05) is 30.3 Å². The van der Waals surface area contributed by atoms with Crippen molar-refractivity contribution in [3.63, 3.8) is 0 Å². The first kappa shape index (κ1) is 19.9. The molecular formula is C20H21N3O4S. The van der Waals surface area contributed by atoms with E-state index in [4.69, 9.17) is 0 Å². The number of anilines is 1. The molecule has 2 atom stereocenters. The Hall–Kier alpha value is -2.87. The van der Waals surface area contributed by atoms with Gasteiger partial charge in [0, 0.05) is 6.20 Å². The normalized spacial score (nSPS) is 17.4. The number of aryl methyl sites for hydroxylation is 1. The molecule has 28 heavy (non-hydrogen) atoms. The highest BCUT2D eigenvalue weighted by molar-refractivity contribution is 7.81. The van der Waals surface area contributed by atoms with Gasteiger partial charge in [0.25, 0.3) is 0 Å². The molecule has 2 N–H and O–H groups in total. The number of hydrogen-bond donors (Lipinski definition) is 3. The summed E-state index contributed by atoms with van der Waals surface area (Å²) in [5, 5.41) is 11.3. The van der Waals surface area contributed by atoms with E-state index in [2.05, 4.69) is 22.9 Å². The SMILES string of the molecule is O=C(O)CN1C(=O)C(NC(=O)[C@@H](S)Cc2ccccc2)CCc2ccncc21. The van der Waals surface area contributed by atoms with Crippen molar-refractivity contribution in [2.24, 2.45) is 0 Å². The van der Waals surface area contributed by atoms with Crippen LogP contribution in [-0.4, -0.2) is 45.7 Å². The summed E-state index contributed by atoms with van der Waals surface area (Å²) < 4.78 is 0. The van der Waals surface area contributed by atoms with Crippen molar-refractivity contribution >= 4 is 36.1 Å². The molecule has 0 spiro atoms. The number of nitrogens with zero attached hydrogens (tertiary/aromatic N) is 2. The monoisotopic (exact) mass is 399 g/mol. The molecule has 0 aliphatic carbocycles. The minimum absolute atomic E-state index is 0.357. The highest BCUT2D eigenvalue weighted by Gasteiger charge is 2.33. The van der Waals surface area contributed by atoms with Crippen molar-refractivity contribution in [1.82, 2.24) is 10.3 Å². The number of carboxylic acid groups (broad SMARTS) is 1. The van der Waals surface area contributed by atoms with Crippen LogP contribution in [-0.2, 0) is 27.2 Å². The van der Waals surface area contributed by atoms with E-state index in [1.165, 1.54) is 11.1 Å². The van der Waals surface area contributed by atoms with Crippen LogP contribution in [0.2, 0.25) is 0 Å². The van der Waals surface area contributed by atoms with Crippen LogP contribution in [0, 0.1) is 0 Å². The van der Waals surface area contributed by atoms with Crippen LogP contribution >= 0.6 is 12.6 Å². The number of amides is 2. The first-order chi connectivity index (χ1) is 13.5. The molecule has 1 aromatic heterocycles. The van der Waals surface area contributed by atoms with Crippen LogP contribution in [0.1, 0.15) is 17.5 Å². The first-order valence-electron chi connectivity index (χ1n) is 8.94. The first-order valence-corrected chi connectivity index (χ1v) is 9.45. The van der Waals surface area contributed by atoms with Crippen LogP contribution in [0.5, 0.6) is 0 Å². The maximum Gasteiger partial charge on any atom is 0.323 e. The van der Waals surface area contributed by atoms with Crippen molar-refractivity contribution in [1.29, 1.82) is 0 Å². The molecule has 0 bridgehead atoms. The van der Waals surface area contributed by atoms with E-state index < -0.39 is 29.7 Å². The third-order valence-corrected chi connectivity index (χ3v) is 5.05. The smallest absolute Gasteiger partial charge is 0.323 e. The number of nitrogens with one attached hydrogen (secondary N) is 1. The van der Waals surface area contributed by atoms with Gasteiger partial charge in [0.05, 0.1) is 17.1 Å². The molecule has 3 rings (SSSR count). The van der Waals surface area contributed by atoms with Crippen LogP contribution in [0.3, 0.4) is 0 Å². The summed E-state index contributed by atoms with van der Waals surface area (Å²) in [4.78, 5) is 42.0. The van der Waals surface area contributed by atoms with Gasteiger partial charge in [-0.25, -0.2) is 0 Å². The van der Waals surface area contributed by atoms with Gasteiger partial charge >= 0.3 is 5.97 Å². The fraction of sp³-hybridized carbons (Fsp3) is 0.300. The number of carbonyl (C=O) groups excluding carboxylic acids is 2. The van der Waals surface area contributed by atoms with Gasteiger partial charge < -0.3 is 10.4 Å². The van der Waals surface area contributed by atoms with Crippen molar-refractivity contribution in [2.45, 2.75) is 30.6 Å². The Balaban J connectivity index is 1.74. The fourth-order valence-electron chi connectivity index (χ4n) is 3.23. The van der Waals surface area contributed by atoms with E-state index in [1.807, 2.05) is 30.3 Å². The third kappa shape index (κ3) is 4.69. The Morgan fingerprint density at radius 3 is 2.75 bits per heavy atom. The third-order valence-electron chi connectivity index (χ3n) is 4.63. The number of benzene rings is 1. The molecule has 0 radical (unpaired) electrons. The number of hydrogen-bond acceptors (Lipinski definition) is 5. The molecule has 2 heterocycles. The average Bonchev–Trinajstić information content (AvgIpc) is 2.81. The average molecular weight is 399 g/mol. The van der Waals surface area contributed by atoms with Crippen LogP contribution < -0.4 is 10.2 Å². The van der Waals surface area contributed by atoms with E-state index in [0.717, 1.165) is 11.1 Å². The van der Waals surface area contributed by atoms with Gasteiger partial charge in [-0.05, 0) is 36.5 Å². The molecule has 1 aliphatic heterocycles. The summed E-state index contributed by atoms with van der Waals surface area (Å²) in [5.41, 5.74) is 2.27. The zero-order valence-electron chi connectivity index (χ0n) is 15.1. The molecule has 2 aromatic rings. The van der Waals surface area contributed by atoms with E-state index >= 15 is 0 Å². The Morgan fingerprint density at radius 1 is 1.29 bits per heavy atom. The number of carboxylic acids is 1. The second-order valence-corrected chi connectivity index (χ2v) is 7.25. The Labute approximate surface area is 168 Å². The lowest BCUT2D eigenvalue weighted by Crippen LogP contribution is -2.51. The highest BCUT2D eigenvalue weighted by Crippen LogP contribution is 2.26. The summed E-state index contributed by atoms with van der Waals surface area (Å²) in [6, 6.07) is 10.4.